The van der Waals surface area contributed by atoms with Gasteiger partial charge in [0.15, 0.2) is 5.69 Å². The molecule has 0 radical (unpaired) electrons. The first-order valence-corrected chi connectivity index (χ1v) is 6.63. The molecule has 0 bridgehead atoms. The number of hydrogen-bond acceptors (Lipinski definition) is 5. The van der Waals surface area contributed by atoms with Gasteiger partial charge in [-0.1, -0.05) is 6.07 Å². The monoisotopic (exact) mass is 281 g/mol. The van der Waals surface area contributed by atoms with Crippen LogP contribution in [0.25, 0.3) is 10.6 Å². The molecule has 2 aromatic heterocycles. The molecule has 7 heteroatoms. The van der Waals surface area contributed by atoms with Gasteiger partial charge in [0.25, 0.3) is 5.91 Å². The Labute approximate surface area is 114 Å². The summed E-state index contributed by atoms with van der Waals surface area (Å²) in [6, 6.07) is 5.56. The van der Waals surface area contributed by atoms with Crippen LogP contribution in [0, 0.1) is 0 Å². The Hall–Kier alpha value is -1.70. The van der Waals surface area contributed by atoms with Crippen LogP contribution in [-0.4, -0.2) is 47.6 Å². The number of aliphatic hydroxyl groups is 1. The second kappa shape index (κ2) is 6.46. The van der Waals surface area contributed by atoms with Gasteiger partial charge in [-0.2, -0.15) is 5.10 Å². The summed E-state index contributed by atoms with van der Waals surface area (Å²) in [7, 11) is 1.49. The molecule has 19 heavy (non-hydrogen) atoms. The summed E-state index contributed by atoms with van der Waals surface area (Å²) in [6.07, 6.45) is -0.718. The Morgan fingerprint density at radius 1 is 1.68 bits per heavy atom. The topological polar surface area (TPSA) is 87.2 Å². The molecule has 3 N–H and O–H groups in total. The maximum Gasteiger partial charge on any atom is 0.271 e. The van der Waals surface area contributed by atoms with E-state index in [1.165, 1.54) is 7.11 Å². The van der Waals surface area contributed by atoms with Crippen molar-refractivity contribution in [2.24, 2.45) is 0 Å². The van der Waals surface area contributed by atoms with Gasteiger partial charge in [-0.05, 0) is 17.5 Å². The molecular formula is C12H15N3O3S. The van der Waals surface area contributed by atoms with Gasteiger partial charge < -0.3 is 15.2 Å². The number of thiophene rings is 1. The first-order chi connectivity index (χ1) is 9.20. The highest BCUT2D eigenvalue weighted by Gasteiger charge is 2.13. The van der Waals surface area contributed by atoms with E-state index < -0.39 is 6.10 Å². The fraction of sp³-hybridized carbons (Fsp3) is 0.333. The summed E-state index contributed by atoms with van der Waals surface area (Å²) in [5.41, 5.74) is 1.10. The van der Waals surface area contributed by atoms with Crippen LogP contribution >= 0.6 is 11.3 Å². The first kappa shape index (κ1) is 13.7. The normalized spacial score (nSPS) is 12.3. The Morgan fingerprint density at radius 3 is 3.21 bits per heavy atom. The molecule has 102 valence electrons. The lowest BCUT2D eigenvalue weighted by Crippen LogP contribution is -2.34. The molecule has 0 aliphatic heterocycles. The van der Waals surface area contributed by atoms with Crippen molar-refractivity contribution in [3.63, 3.8) is 0 Å². The minimum Gasteiger partial charge on any atom is -0.389 e. The predicted molar refractivity (Wildman–Crippen MR) is 72.1 cm³/mol. The molecule has 0 aliphatic carbocycles. The van der Waals surface area contributed by atoms with E-state index in [2.05, 4.69) is 15.5 Å². The molecule has 0 saturated heterocycles. The molecule has 2 aromatic rings. The zero-order chi connectivity index (χ0) is 13.7. The highest BCUT2D eigenvalue weighted by molar-refractivity contribution is 7.13. The lowest BCUT2D eigenvalue weighted by atomic mass is 10.3. The SMILES string of the molecule is COCC(O)CNC(=O)c1cc(-c2cccs2)[nH]n1. The van der Waals surface area contributed by atoms with Gasteiger partial charge in [0.05, 0.1) is 23.3 Å². The number of hydrogen-bond donors (Lipinski definition) is 3. The number of nitrogens with zero attached hydrogens (tertiary/aromatic N) is 1. The van der Waals surface area contributed by atoms with Crippen LogP contribution in [0.3, 0.4) is 0 Å². The molecule has 2 rings (SSSR count). The maximum atomic E-state index is 11.8. The molecule has 0 aliphatic rings. The fourth-order valence-electron chi connectivity index (χ4n) is 1.55. The summed E-state index contributed by atoms with van der Waals surface area (Å²) in [4.78, 5) is 12.8. The quantitative estimate of drug-likeness (QED) is 0.733. The number of aromatic nitrogens is 2. The van der Waals surface area contributed by atoms with Crippen LogP contribution in [0.5, 0.6) is 0 Å². The van der Waals surface area contributed by atoms with E-state index in [0.29, 0.717) is 5.69 Å². The number of aliphatic hydroxyl groups excluding tert-OH is 1. The Kier molecular flexibility index (Phi) is 4.67. The van der Waals surface area contributed by atoms with Crippen molar-refractivity contribution in [2.45, 2.75) is 6.10 Å². The number of rotatable bonds is 6. The summed E-state index contributed by atoms with van der Waals surface area (Å²) in [5, 5.41) is 20.8. The lowest BCUT2D eigenvalue weighted by molar-refractivity contribution is 0.0608. The van der Waals surface area contributed by atoms with Gasteiger partial charge in [-0.3, -0.25) is 9.89 Å². The molecule has 0 spiro atoms. The van der Waals surface area contributed by atoms with Crippen LogP contribution in [0.1, 0.15) is 10.5 Å². The Morgan fingerprint density at radius 2 is 2.53 bits per heavy atom. The van der Waals surface area contributed by atoms with Crippen molar-refractivity contribution in [2.75, 3.05) is 20.3 Å². The number of nitrogens with one attached hydrogen (secondary N) is 2. The van der Waals surface area contributed by atoms with Gasteiger partial charge in [-0.25, -0.2) is 0 Å². The fourth-order valence-corrected chi connectivity index (χ4v) is 2.24. The zero-order valence-corrected chi connectivity index (χ0v) is 11.2. The van der Waals surface area contributed by atoms with Crippen molar-refractivity contribution in [1.82, 2.24) is 15.5 Å². The Balaban J connectivity index is 1.93. The van der Waals surface area contributed by atoms with Gasteiger partial charge in [0.2, 0.25) is 0 Å². The third-order valence-electron chi connectivity index (χ3n) is 2.45. The first-order valence-electron chi connectivity index (χ1n) is 5.75. The van der Waals surface area contributed by atoms with Gasteiger partial charge in [-0.15, -0.1) is 11.3 Å². The summed E-state index contributed by atoms with van der Waals surface area (Å²) >= 11 is 1.57. The molecule has 0 aromatic carbocycles. The number of amides is 1. The van der Waals surface area contributed by atoms with Crippen LogP contribution in [0.2, 0.25) is 0 Å². The lowest BCUT2D eigenvalue weighted by Gasteiger charge is -2.09. The molecule has 6 nitrogen and oxygen atoms in total. The van der Waals surface area contributed by atoms with Crippen molar-refractivity contribution >= 4 is 17.2 Å². The van der Waals surface area contributed by atoms with E-state index >= 15 is 0 Å². The van der Waals surface area contributed by atoms with Crippen molar-refractivity contribution in [3.8, 4) is 10.6 Å². The minimum absolute atomic E-state index is 0.133. The van der Waals surface area contributed by atoms with Gasteiger partial charge >= 0.3 is 0 Å². The van der Waals surface area contributed by atoms with E-state index in [4.69, 9.17) is 4.74 Å². The predicted octanol–water partition coefficient (Wildman–Crippen LogP) is 0.875. The molecule has 0 saturated carbocycles. The van der Waals surface area contributed by atoms with Gasteiger partial charge in [0.1, 0.15) is 0 Å². The third-order valence-corrected chi connectivity index (χ3v) is 3.36. The third kappa shape index (κ3) is 3.63. The number of methoxy groups -OCH3 is 1. The highest BCUT2D eigenvalue weighted by atomic mass is 32.1. The molecule has 2 heterocycles. The van der Waals surface area contributed by atoms with Crippen LogP contribution in [0.15, 0.2) is 23.6 Å². The van der Waals surface area contributed by atoms with E-state index in [1.54, 1.807) is 17.4 Å². The van der Waals surface area contributed by atoms with Crippen molar-refractivity contribution in [1.29, 1.82) is 0 Å². The number of carbonyl (C=O) groups excluding carboxylic acids is 1. The van der Waals surface area contributed by atoms with E-state index in [9.17, 15) is 9.90 Å². The Bertz CT molecular complexity index is 524. The average molecular weight is 281 g/mol. The van der Waals surface area contributed by atoms with E-state index in [0.717, 1.165) is 10.6 Å². The largest absolute Gasteiger partial charge is 0.389 e. The second-order valence-electron chi connectivity index (χ2n) is 3.96. The smallest absolute Gasteiger partial charge is 0.271 e. The number of H-pyrrole nitrogens is 1. The van der Waals surface area contributed by atoms with Crippen molar-refractivity contribution in [3.05, 3.63) is 29.3 Å². The maximum absolute atomic E-state index is 11.8. The van der Waals surface area contributed by atoms with Crippen molar-refractivity contribution < 1.29 is 14.6 Å². The van der Waals surface area contributed by atoms with Crippen LogP contribution < -0.4 is 5.32 Å². The summed E-state index contributed by atoms with van der Waals surface area (Å²) < 4.78 is 4.77. The van der Waals surface area contributed by atoms with Crippen LogP contribution in [-0.2, 0) is 4.74 Å². The molecule has 0 fully saturated rings. The summed E-state index contributed by atoms with van der Waals surface area (Å²) in [5.74, 6) is -0.325. The molecule has 1 atom stereocenters. The second-order valence-corrected chi connectivity index (χ2v) is 4.91. The van der Waals surface area contributed by atoms with Gasteiger partial charge in [0, 0.05) is 13.7 Å². The molecular weight excluding hydrogens is 266 g/mol. The number of ether oxygens (including phenoxy) is 1. The molecule has 1 unspecified atom stereocenters. The summed E-state index contributed by atoms with van der Waals surface area (Å²) in [6.45, 7) is 0.315. The standard InChI is InChI=1S/C12H15N3O3S/c1-18-7-8(16)6-13-12(17)10-5-9(14-15-10)11-3-2-4-19-11/h2-5,8,16H,6-7H2,1H3,(H,13,17)(H,14,15). The zero-order valence-electron chi connectivity index (χ0n) is 10.4. The average Bonchev–Trinajstić information content (AvgIpc) is 3.06. The van der Waals surface area contributed by atoms with E-state index in [1.807, 2.05) is 17.5 Å². The highest BCUT2D eigenvalue weighted by Crippen LogP contribution is 2.22. The number of carbonyl (C=O) groups is 1. The number of aromatic amines is 1. The van der Waals surface area contributed by atoms with Crippen LogP contribution in [0.4, 0.5) is 0 Å². The van der Waals surface area contributed by atoms with E-state index in [-0.39, 0.29) is 19.1 Å². The minimum atomic E-state index is -0.718. The molecule has 1 amide bonds.